The number of rotatable bonds is 4. The van der Waals surface area contributed by atoms with Gasteiger partial charge in [-0.3, -0.25) is 4.79 Å². The van der Waals surface area contributed by atoms with Gasteiger partial charge >= 0.3 is 0 Å². The predicted octanol–water partition coefficient (Wildman–Crippen LogP) is 1.77. The molecule has 1 atom stereocenters. The lowest BCUT2D eigenvalue weighted by Crippen LogP contribution is -2.46. The summed E-state index contributed by atoms with van der Waals surface area (Å²) in [7, 11) is 0. The number of aromatic nitrogens is 2. The van der Waals surface area contributed by atoms with Gasteiger partial charge < -0.3 is 10.4 Å². The third-order valence-corrected chi connectivity index (χ3v) is 3.16. The monoisotopic (exact) mass is 291 g/mol. The molecule has 1 amide bonds. The minimum Gasteiger partial charge on any atom is -0.394 e. The molecule has 6 heteroatoms. The molecular weight excluding hydrogens is 278 g/mol. The van der Waals surface area contributed by atoms with Crippen molar-refractivity contribution >= 4 is 17.5 Å². The average Bonchev–Trinajstić information content (AvgIpc) is 2.48. The van der Waals surface area contributed by atoms with Crippen LogP contribution in [0.1, 0.15) is 23.0 Å². The maximum Gasteiger partial charge on any atom is 0.272 e. The third-order valence-electron chi connectivity index (χ3n) is 2.97. The lowest BCUT2D eigenvalue weighted by molar-refractivity contribution is 0.0844. The number of amides is 1. The molecule has 1 heterocycles. The average molecular weight is 292 g/mol. The number of nitrogens with one attached hydrogen (secondary N) is 1. The van der Waals surface area contributed by atoms with Gasteiger partial charge in [0.25, 0.3) is 5.91 Å². The third kappa shape index (κ3) is 3.12. The lowest BCUT2D eigenvalue weighted by atomic mass is 9.93. The second-order valence-electron chi connectivity index (χ2n) is 4.53. The normalized spacial score (nSPS) is 13.6. The summed E-state index contributed by atoms with van der Waals surface area (Å²) < 4.78 is 0. The van der Waals surface area contributed by atoms with Crippen molar-refractivity contribution in [1.29, 1.82) is 0 Å². The van der Waals surface area contributed by atoms with Crippen molar-refractivity contribution in [3.63, 3.8) is 0 Å². The van der Waals surface area contributed by atoms with E-state index in [2.05, 4.69) is 15.3 Å². The van der Waals surface area contributed by atoms with Crippen LogP contribution in [-0.2, 0) is 5.54 Å². The first-order valence-electron chi connectivity index (χ1n) is 6.01. The Bertz CT molecular complexity index is 589. The van der Waals surface area contributed by atoms with Gasteiger partial charge in [0.2, 0.25) is 0 Å². The molecule has 104 valence electrons. The zero-order chi connectivity index (χ0) is 14.6. The van der Waals surface area contributed by atoms with Crippen molar-refractivity contribution in [1.82, 2.24) is 15.3 Å². The molecule has 0 saturated carbocycles. The van der Waals surface area contributed by atoms with Gasteiger partial charge in [-0.1, -0.05) is 41.9 Å². The molecule has 5 nitrogen and oxygen atoms in total. The van der Waals surface area contributed by atoms with Gasteiger partial charge in [0.1, 0.15) is 10.8 Å². The van der Waals surface area contributed by atoms with Crippen molar-refractivity contribution in [2.24, 2.45) is 0 Å². The Morgan fingerprint density at radius 3 is 2.55 bits per heavy atom. The molecule has 0 spiro atoms. The molecule has 0 aliphatic carbocycles. The van der Waals surface area contributed by atoms with Gasteiger partial charge in [-0.15, -0.1) is 0 Å². The van der Waals surface area contributed by atoms with Crippen molar-refractivity contribution in [2.75, 3.05) is 6.61 Å². The summed E-state index contributed by atoms with van der Waals surface area (Å²) in [4.78, 5) is 19.8. The molecular formula is C14H14ClN3O2. The van der Waals surface area contributed by atoms with Crippen molar-refractivity contribution in [2.45, 2.75) is 12.5 Å². The van der Waals surface area contributed by atoms with Crippen LogP contribution in [0.25, 0.3) is 0 Å². The largest absolute Gasteiger partial charge is 0.394 e. The highest BCUT2D eigenvalue weighted by Gasteiger charge is 2.28. The Hall–Kier alpha value is -1.98. The molecule has 1 aromatic heterocycles. The smallest absolute Gasteiger partial charge is 0.272 e. The number of hydrogen-bond donors (Lipinski definition) is 2. The molecule has 0 saturated heterocycles. The number of aliphatic hydroxyl groups is 1. The molecule has 0 radical (unpaired) electrons. The van der Waals surface area contributed by atoms with Crippen molar-refractivity contribution < 1.29 is 9.90 Å². The van der Waals surface area contributed by atoms with Gasteiger partial charge in [0.05, 0.1) is 24.5 Å². The molecule has 0 aliphatic heterocycles. The summed E-state index contributed by atoms with van der Waals surface area (Å²) >= 11 is 5.63. The van der Waals surface area contributed by atoms with Crippen LogP contribution in [0.3, 0.4) is 0 Å². The zero-order valence-electron chi connectivity index (χ0n) is 10.9. The number of hydrogen-bond acceptors (Lipinski definition) is 4. The Labute approximate surface area is 121 Å². The first kappa shape index (κ1) is 14.4. The Balaban J connectivity index is 2.22. The van der Waals surface area contributed by atoms with E-state index in [1.54, 1.807) is 6.92 Å². The highest BCUT2D eigenvalue weighted by atomic mass is 35.5. The van der Waals surface area contributed by atoms with Crippen LogP contribution < -0.4 is 5.32 Å². The summed E-state index contributed by atoms with van der Waals surface area (Å²) in [6, 6.07) is 9.23. The lowest BCUT2D eigenvalue weighted by Gasteiger charge is -2.29. The maximum absolute atomic E-state index is 12.1. The van der Waals surface area contributed by atoms with E-state index in [4.69, 9.17) is 11.6 Å². The van der Waals surface area contributed by atoms with Gasteiger partial charge in [0, 0.05) is 0 Å². The van der Waals surface area contributed by atoms with E-state index >= 15 is 0 Å². The first-order chi connectivity index (χ1) is 9.55. The number of nitrogens with zero attached hydrogens (tertiary/aromatic N) is 2. The SMILES string of the molecule is CC(CO)(NC(=O)c1cnc(Cl)cn1)c1ccccc1. The van der Waals surface area contributed by atoms with Gasteiger partial charge in [-0.25, -0.2) is 9.97 Å². The van der Waals surface area contributed by atoms with E-state index in [1.807, 2.05) is 30.3 Å². The number of benzene rings is 1. The molecule has 1 unspecified atom stereocenters. The molecule has 2 N–H and O–H groups in total. The fraction of sp³-hybridized carbons (Fsp3) is 0.214. The van der Waals surface area contributed by atoms with Crippen molar-refractivity contribution in [3.8, 4) is 0 Å². The quantitative estimate of drug-likeness (QED) is 0.900. The molecule has 0 aliphatic rings. The number of carbonyl (C=O) groups excluding carboxylic acids is 1. The van der Waals surface area contributed by atoms with E-state index in [1.165, 1.54) is 12.4 Å². The van der Waals surface area contributed by atoms with Gasteiger partial charge in [0.15, 0.2) is 0 Å². The van der Waals surface area contributed by atoms with E-state index < -0.39 is 11.4 Å². The highest BCUT2D eigenvalue weighted by Crippen LogP contribution is 2.20. The summed E-state index contributed by atoms with van der Waals surface area (Å²) in [5, 5.41) is 12.6. The Kier molecular flexibility index (Phi) is 4.32. The van der Waals surface area contributed by atoms with E-state index in [-0.39, 0.29) is 17.5 Å². The zero-order valence-corrected chi connectivity index (χ0v) is 11.6. The van der Waals surface area contributed by atoms with Crippen LogP contribution in [0.4, 0.5) is 0 Å². The second-order valence-corrected chi connectivity index (χ2v) is 4.92. The summed E-state index contributed by atoms with van der Waals surface area (Å²) in [6.45, 7) is 1.51. The van der Waals surface area contributed by atoms with Gasteiger partial charge in [-0.2, -0.15) is 0 Å². The van der Waals surface area contributed by atoms with E-state index in [0.717, 1.165) is 5.56 Å². The first-order valence-corrected chi connectivity index (χ1v) is 6.39. The predicted molar refractivity (Wildman–Crippen MR) is 75.4 cm³/mol. The van der Waals surface area contributed by atoms with Crippen LogP contribution in [0.15, 0.2) is 42.7 Å². The summed E-state index contributed by atoms with van der Waals surface area (Å²) in [6.07, 6.45) is 2.59. The Morgan fingerprint density at radius 1 is 1.30 bits per heavy atom. The highest BCUT2D eigenvalue weighted by molar-refractivity contribution is 6.29. The number of halogens is 1. The van der Waals surface area contributed by atoms with Crippen molar-refractivity contribution in [3.05, 3.63) is 59.1 Å². The maximum atomic E-state index is 12.1. The van der Waals surface area contributed by atoms with E-state index in [9.17, 15) is 9.90 Å². The Morgan fingerprint density at radius 2 is 2.00 bits per heavy atom. The van der Waals surface area contributed by atoms with Crippen LogP contribution in [0.5, 0.6) is 0 Å². The number of carbonyl (C=O) groups is 1. The minimum absolute atomic E-state index is 0.144. The van der Waals surface area contributed by atoms with E-state index in [0.29, 0.717) is 0 Å². The van der Waals surface area contributed by atoms with Crippen LogP contribution in [0.2, 0.25) is 5.15 Å². The molecule has 2 rings (SSSR count). The minimum atomic E-state index is -0.889. The van der Waals surface area contributed by atoms with Gasteiger partial charge in [-0.05, 0) is 12.5 Å². The summed E-state index contributed by atoms with van der Waals surface area (Å²) in [5.74, 6) is -0.422. The van der Waals surface area contributed by atoms with Crippen LogP contribution in [0, 0.1) is 0 Å². The van der Waals surface area contributed by atoms with Crippen LogP contribution in [-0.4, -0.2) is 27.6 Å². The fourth-order valence-electron chi connectivity index (χ4n) is 1.75. The molecule has 0 fully saturated rings. The second kappa shape index (κ2) is 5.98. The summed E-state index contributed by atoms with van der Waals surface area (Å²) in [5.41, 5.74) is 0.0578. The van der Waals surface area contributed by atoms with Crippen LogP contribution >= 0.6 is 11.6 Å². The molecule has 20 heavy (non-hydrogen) atoms. The molecule has 2 aromatic rings. The number of aliphatic hydroxyl groups excluding tert-OH is 1. The topological polar surface area (TPSA) is 75.1 Å². The molecule has 0 bridgehead atoms. The molecule has 1 aromatic carbocycles. The standard InChI is InChI=1S/C14H14ClN3O2/c1-14(9-19,10-5-3-2-4-6-10)18-13(20)11-7-17-12(15)8-16-11/h2-8,19H,9H2,1H3,(H,18,20). The fourth-order valence-corrected chi connectivity index (χ4v) is 1.85.